The molecule has 0 aliphatic heterocycles. The molecule has 112 valence electrons. The molecule has 0 amide bonds. The first-order chi connectivity index (χ1) is 9.79. The molecule has 1 aromatic rings. The Labute approximate surface area is 127 Å². The quantitative estimate of drug-likeness (QED) is 0.617. The van der Waals surface area contributed by atoms with Crippen molar-refractivity contribution in [1.29, 1.82) is 0 Å². The second kappa shape index (κ2) is 8.53. The van der Waals surface area contributed by atoms with Gasteiger partial charge in [0.1, 0.15) is 5.75 Å². The van der Waals surface area contributed by atoms with Gasteiger partial charge < -0.3 is 10.1 Å². The number of rotatable bonds is 10. The van der Waals surface area contributed by atoms with E-state index in [9.17, 15) is 0 Å². The Hall–Kier alpha value is -0.730. The van der Waals surface area contributed by atoms with Crippen LogP contribution in [0.15, 0.2) is 18.2 Å². The summed E-state index contributed by atoms with van der Waals surface area (Å²) < 4.78 is 5.93. The van der Waals surface area contributed by atoms with Gasteiger partial charge in [-0.1, -0.05) is 44.2 Å². The normalized spacial score (nSPS) is 14.5. The van der Waals surface area contributed by atoms with Crippen LogP contribution in [0.3, 0.4) is 0 Å². The monoisotopic (exact) mass is 295 g/mol. The maximum absolute atomic E-state index is 6.08. The van der Waals surface area contributed by atoms with Crippen LogP contribution in [0.4, 0.5) is 0 Å². The van der Waals surface area contributed by atoms with Crippen molar-refractivity contribution in [2.45, 2.75) is 64.5 Å². The highest BCUT2D eigenvalue weighted by molar-refractivity contribution is 6.30. The molecule has 0 radical (unpaired) electrons. The van der Waals surface area contributed by atoms with Gasteiger partial charge in [0.25, 0.3) is 0 Å². The van der Waals surface area contributed by atoms with Crippen LogP contribution in [0.1, 0.15) is 57.4 Å². The predicted octanol–water partition coefficient (Wildman–Crippen LogP) is 4.94. The molecule has 0 saturated heterocycles. The van der Waals surface area contributed by atoms with Crippen molar-refractivity contribution in [3.8, 4) is 5.75 Å². The van der Waals surface area contributed by atoms with Crippen molar-refractivity contribution in [2.24, 2.45) is 0 Å². The minimum atomic E-state index is 0.705. The summed E-state index contributed by atoms with van der Waals surface area (Å²) in [6.07, 6.45) is 8.93. The number of benzene rings is 1. The van der Waals surface area contributed by atoms with Crippen LogP contribution in [0, 0.1) is 0 Å². The third kappa shape index (κ3) is 5.72. The Morgan fingerprint density at radius 2 is 2.00 bits per heavy atom. The second-order valence-electron chi connectivity index (χ2n) is 5.67. The van der Waals surface area contributed by atoms with Crippen molar-refractivity contribution in [3.05, 3.63) is 28.8 Å². The van der Waals surface area contributed by atoms with E-state index in [0.717, 1.165) is 30.3 Å². The molecule has 20 heavy (non-hydrogen) atoms. The molecule has 3 heteroatoms. The molecular weight excluding hydrogens is 270 g/mol. The van der Waals surface area contributed by atoms with E-state index in [-0.39, 0.29) is 0 Å². The van der Waals surface area contributed by atoms with Crippen LogP contribution >= 0.6 is 11.6 Å². The largest absolute Gasteiger partial charge is 0.493 e. The summed E-state index contributed by atoms with van der Waals surface area (Å²) in [5.41, 5.74) is 1.18. The number of hydrogen-bond acceptors (Lipinski definition) is 2. The van der Waals surface area contributed by atoms with Gasteiger partial charge in [-0.3, -0.25) is 0 Å². The molecule has 0 heterocycles. The summed E-state index contributed by atoms with van der Waals surface area (Å²) in [4.78, 5) is 0. The Balaban J connectivity index is 1.76. The summed E-state index contributed by atoms with van der Waals surface area (Å²) in [6, 6.07) is 6.63. The molecule has 0 aromatic heterocycles. The second-order valence-corrected chi connectivity index (χ2v) is 6.11. The molecule has 0 unspecified atom stereocenters. The fraction of sp³-hybridized carbons (Fsp3) is 0.647. The van der Waals surface area contributed by atoms with E-state index in [4.69, 9.17) is 16.3 Å². The van der Waals surface area contributed by atoms with Crippen LogP contribution in [-0.2, 0) is 6.54 Å². The maximum Gasteiger partial charge on any atom is 0.123 e. The van der Waals surface area contributed by atoms with E-state index in [1.54, 1.807) is 0 Å². The molecule has 1 aromatic carbocycles. The third-order valence-electron chi connectivity index (χ3n) is 3.69. The molecule has 2 rings (SSSR count). The molecule has 1 fully saturated rings. The van der Waals surface area contributed by atoms with Crippen molar-refractivity contribution in [2.75, 3.05) is 6.61 Å². The van der Waals surface area contributed by atoms with Gasteiger partial charge in [-0.15, -0.1) is 0 Å². The fourth-order valence-electron chi connectivity index (χ4n) is 2.26. The fourth-order valence-corrected chi connectivity index (χ4v) is 2.45. The van der Waals surface area contributed by atoms with Gasteiger partial charge >= 0.3 is 0 Å². The average molecular weight is 296 g/mol. The van der Waals surface area contributed by atoms with E-state index in [1.807, 2.05) is 18.2 Å². The van der Waals surface area contributed by atoms with E-state index < -0.39 is 0 Å². The first kappa shape index (κ1) is 15.7. The topological polar surface area (TPSA) is 21.3 Å². The van der Waals surface area contributed by atoms with E-state index >= 15 is 0 Å². The minimum absolute atomic E-state index is 0.705. The molecular formula is C17H26ClNO. The summed E-state index contributed by atoms with van der Waals surface area (Å²) in [7, 11) is 0. The molecule has 1 N–H and O–H groups in total. The number of unbranched alkanes of at least 4 members (excludes halogenated alkanes) is 4. The molecule has 1 saturated carbocycles. The van der Waals surface area contributed by atoms with Gasteiger partial charge in [-0.05, 0) is 37.5 Å². The lowest BCUT2D eigenvalue weighted by Gasteiger charge is -2.12. The number of hydrogen-bond donors (Lipinski definition) is 1. The third-order valence-corrected chi connectivity index (χ3v) is 3.92. The maximum atomic E-state index is 6.08. The summed E-state index contributed by atoms with van der Waals surface area (Å²) in [6.45, 7) is 3.90. The standard InChI is InChI=1S/C17H26ClNO/c1-2-3-4-5-6-11-20-17-10-7-15(18)12-14(17)13-19-16-8-9-16/h7,10,12,16,19H,2-6,8-9,11,13H2,1H3. The lowest BCUT2D eigenvalue weighted by atomic mass is 10.1. The van der Waals surface area contributed by atoms with E-state index in [2.05, 4.69) is 12.2 Å². The van der Waals surface area contributed by atoms with Gasteiger partial charge in [0, 0.05) is 23.2 Å². The Kier molecular flexibility index (Phi) is 6.68. The van der Waals surface area contributed by atoms with Crippen molar-refractivity contribution < 1.29 is 4.74 Å². The van der Waals surface area contributed by atoms with Gasteiger partial charge in [-0.25, -0.2) is 0 Å². The highest BCUT2D eigenvalue weighted by Crippen LogP contribution is 2.25. The average Bonchev–Trinajstić information content (AvgIpc) is 3.26. The van der Waals surface area contributed by atoms with Crippen LogP contribution in [0.5, 0.6) is 5.75 Å². The minimum Gasteiger partial charge on any atom is -0.493 e. The lowest BCUT2D eigenvalue weighted by Crippen LogP contribution is -2.16. The Morgan fingerprint density at radius 3 is 2.75 bits per heavy atom. The Bertz CT molecular complexity index is 404. The highest BCUT2D eigenvalue weighted by Gasteiger charge is 2.20. The van der Waals surface area contributed by atoms with Gasteiger partial charge in [0.15, 0.2) is 0 Å². The SMILES string of the molecule is CCCCCCCOc1ccc(Cl)cc1CNC1CC1. The molecule has 0 spiro atoms. The van der Waals surface area contributed by atoms with Crippen LogP contribution in [-0.4, -0.2) is 12.6 Å². The van der Waals surface area contributed by atoms with Crippen molar-refractivity contribution in [3.63, 3.8) is 0 Å². The molecule has 1 aliphatic carbocycles. The van der Waals surface area contributed by atoms with Crippen LogP contribution in [0.2, 0.25) is 5.02 Å². The predicted molar refractivity (Wildman–Crippen MR) is 85.6 cm³/mol. The number of halogens is 1. The van der Waals surface area contributed by atoms with Gasteiger partial charge in [0.2, 0.25) is 0 Å². The van der Waals surface area contributed by atoms with E-state index in [0.29, 0.717) is 6.04 Å². The lowest BCUT2D eigenvalue weighted by molar-refractivity contribution is 0.301. The zero-order valence-electron chi connectivity index (χ0n) is 12.5. The van der Waals surface area contributed by atoms with Crippen molar-refractivity contribution >= 4 is 11.6 Å². The molecule has 0 atom stereocenters. The molecule has 2 nitrogen and oxygen atoms in total. The zero-order chi connectivity index (χ0) is 14.2. The van der Waals surface area contributed by atoms with Crippen molar-refractivity contribution in [1.82, 2.24) is 5.32 Å². The van der Waals surface area contributed by atoms with E-state index in [1.165, 1.54) is 44.1 Å². The smallest absolute Gasteiger partial charge is 0.123 e. The molecule has 0 bridgehead atoms. The first-order valence-electron chi connectivity index (χ1n) is 7.94. The first-order valence-corrected chi connectivity index (χ1v) is 8.32. The summed E-state index contributed by atoms with van der Waals surface area (Å²) in [5, 5.41) is 4.31. The number of ether oxygens (including phenoxy) is 1. The van der Waals surface area contributed by atoms with Gasteiger partial charge in [-0.2, -0.15) is 0 Å². The zero-order valence-corrected chi connectivity index (χ0v) is 13.2. The summed E-state index contributed by atoms with van der Waals surface area (Å²) in [5.74, 6) is 0.984. The summed E-state index contributed by atoms with van der Waals surface area (Å²) >= 11 is 6.08. The van der Waals surface area contributed by atoms with Gasteiger partial charge in [0.05, 0.1) is 6.61 Å². The Morgan fingerprint density at radius 1 is 1.20 bits per heavy atom. The number of nitrogens with one attached hydrogen (secondary N) is 1. The van der Waals surface area contributed by atoms with Crippen LogP contribution in [0.25, 0.3) is 0 Å². The van der Waals surface area contributed by atoms with Crippen LogP contribution < -0.4 is 10.1 Å². The molecule has 1 aliphatic rings. The highest BCUT2D eigenvalue weighted by atomic mass is 35.5.